The Bertz CT molecular complexity index is 1890. The molecule has 1 aromatic heterocycles. The van der Waals surface area contributed by atoms with Gasteiger partial charge in [0.15, 0.2) is 11.6 Å². The lowest BCUT2D eigenvalue weighted by atomic mass is 10.1. The summed E-state index contributed by atoms with van der Waals surface area (Å²) in [6, 6.07) is 23.0. The molecule has 220 valence electrons. The lowest BCUT2D eigenvalue weighted by Gasteiger charge is -2.15. The van der Waals surface area contributed by atoms with Crippen molar-refractivity contribution in [3.05, 3.63) is 102 Å². The fourth-order valence-electron chi connectivity index (χ4n) is 4.31. The number of hydrogen-bond acceptors (Lipinski definition) is 9. The van der Waals surface area contributed by atoms with Crippen molar-refractivity contribution in [1.82, 2.24) is 9.97 Å². The number of amides is 1. The molecular formula is C31H29N5O6S. The van der Waals surface area contributed by atoms with Crippen LogP contribution in [0.1, 0.15) is 21.5 Å². The number of ether oxygens (including phenoxy) is 2. The van der Waals surface area contributed by atoms with Crippen LogP contribution in [0, 0.1) is 6.92 Å². The summed E-state index contributed by atoms with van der Waals surface area (Å²) < 4.78 is 40.0. The molecule has 0 saturated heterocycles. The number of fused-ring (bicyclic) bond motifs is 1. The topological polar surface area (TPSA) is 152 Å². The molecule has 5 aromatic rings. The van der Waals surface area contributed by atoms with Gasteiger partial charge in [0.05, 0.1) is 36.8 Å². The van der Waals surface area contributed by atoms with Crippen molar-refractivity contribution in [2.75, 3.05) is 29.6 Å². The van der Waals surface area contributed by atoms with Crippen LogP contribution >= 0.6 is 0 Å². The van der Waals surface area contributed by atoms with Crippen molar-refractivity contribution >= 4 is 50.0 Å². The van der Waals surface area contributed by atoms with Crippen molar-refractivity contribution < 1.29 is 27.8 Å². The summed E-state index contributed by atoms with van der Waals surface area (Å²) in [6.07, 6.45) is 0. The summed E-state index contributed by atoms with van der Waals surface area (Å²) in [5.41, 5.74) is 3.84. The first-order chi connectivity index (χ1) is 20.7. The quantitative estimate of drug-likeness (QED) is 0.169. The number of carbonyl (C=O) groups is 1. The highest BCUT2D eigenvalue weighted by Gasteiger charge is 2.20. The number of sulfonamides is 1. The minimum atomic E-state index is -4.12. The van der Waals surface area contributed by atoms with Gasteiger partial charge in [0.25, 0.3) is 15.9 Å². The number of aliphatic hydroxyl groups excluding tert-OH is 1. The monoisotopic (exact) mass is 599 g/mol. The van der Waals surface area contributed by atoms with E-state index in [0.29, 0.717) is 45.0 Å². The zero-order valence-corrected chi connectivity index (χ0v) is 24.4. The number of aryl methyl sites for hydroxylation is 1. The number of methoxy groups -OCH3 is 2. The van der Waals surface area contributed by atoms with Gasteiger partial charge >= 0.3 is 0 Å². The average Bonchev–Trinajstić information content (AvgIpc) is 3.01. The first kappa shape index (κ1) is 29.3. The number of nitrogens with one attached hydrogen (secondary N) is 3. The zero-order valence-electron chi connectivity index (χ0n) is 23.6. The van der Waals surface area contributed by atoms with Crippen LogP contribution in [-0.4, -0.2) is 43.6 Å². The van der Waals surface area contributed by atoms with E-state index in [2.05, 4.69) is 25.3 Å². The second-order valence-corrected chi connectivity index (χ2v) is 11.2. The molecule has 4 N–H and O–H groups in total. The van der Waals surface area contributed by atoms with Crippen molar-refractivity contribution in [2.24, 2.45) is 0 Å². The van der Waals surface area contributed by atoms with E-state index >= 15 is 0 Å². The number of carbonyl (C=O) groups excluding carboxylic acids is 1. The highest BCUT2D eigenvalue weighted by atomic mass is 32.2. The maximum absolute atomic E-state index is 13.4. The molecule has 0 radical (unpaired) electrons. The predicted octanol–water partition coefficient (Wildman–Crippen LogP) is 5.24. The van der Waals surface area contributed by atoms with Crippen LogP contribution in [0.3, 0.4) is 0 Å². The fraction of sp³-hybridized carbons (Fsp3) is 0.129. The Kier molecular flexibility index (Phi) is 8.41. The largest absolute Gasteiger partial charge is 0.497 e. The maximum Gasteiger partial charge on any atom is 0.263 e. The van der Waals surface area contributed by atoms with E-state index in [4.69, 9.17) is 9.47 Å². The molecule has 0 bridgehead atoms. The Balaban J connectivity index is 1.41. The Morgan fingerprint density at radius 2 is 1.53 bits per heavy atom. The van der Waals surface area contributed by atoms with Gasteiger partial charge in [-0.1, -0.05) is 18.2 Å². The van der Waals surface area contributed by atoms with E-state index in [1.54, 1.807) is 60.7 Å². The third-order valence-electron chi connectivity index (χ3n) is 6.54. The molecule has 0 atom stereocenters. The molecule has 43 heavy (non-hydrogen) atoms. The lowest BCUT2D eigenvalue weighted by molar-refractivity contribution is 0.102. The van der Waals surface area contributed by atoms with Crippen LogP contribution in [-0.2, 0) is 16.6 Å². The van der Waals surface area contributed by atoms with Gasteiger partial charge in [-0.15, -0.1) is 0 Å². The molecule has 11 nitrogen and oxygen atoms in total. The minimum absolute atomic E-state index is 0.0298. The summed E-state index contributed by atoms with van der Waals surface area (Å²) >= 11 is 0. The van der Waals surface area contributed by atoms with E-state index in [-0.39, 0.29) is 29.0 Å². The maximum atomic E-state index is 13.4. The Morgan fingerprint density at radius 3 is 2.19 bits per heavy atom. The summed E-state index contributed by atoms with van der Waals surface area (Å²) in [4.78, 5) is 21.8. The standard InChI is InChI=1S/C31H29N5O6S/c1-19-8-9-21(16-28(19)42-3)31(38)33-22-10-12-25(13-11-22)43(39,40)36-30-29(34-26-6-4-5-7-27(26)35-30)32-23-14-20(18-37)15-24(17-23)41-2/h4-17,37H,18H2,1-3H3,(H,32,34)(H,33,38)(H,35,36). The van der Waals surface area contributed by atoms with Crippen molar-refractivity contribution in [1.29, 1.82) is 0 Å². The summed E-state index contributed by atoms with van der Waals surface area (Å²) in [6.45, 7) is 1.66. The van der Waals surface area contributed by atoms with Gasteiger partial charge in [0, 0.05) is 23.0 Å². The van der Waals surface area contributed by atoms with Gasteiger partial charge in [0.2, 0.25) is 0 Å². The van der Waals surface area contributed by atoms with E-state index in [0.717, 1.165) is 5.56 Å². The van der Waals surface area contributed by atoms with Crippen LogP contribution in [0.5, 0.6) is 11.5 Å². The first-order valence-corrected chi connectivity index (χ1v) is 14.6. The van der Waals surface area contributed by atoms with Gasteiger partial charge in [-0.05, 0) is 78.7 Å². The van der Waals surface area contributed by atoms with Crippen LogP contribution in [0.25, 0.3) is 11.0 Å². The molecule has 0 aliphatic heterocycles. The smallest absolute Gasteiger partial charge is 0.263 e. The summed E-state index contributed by atoms with van der Waals surface area (Å²) in [5, 5.41) is 15.5. The molecule has 5 rings (SSSR count). The summed E-state index contributed by atoms with van der Waals surface area (Å²) in [7, 11) is -1.08. The van der Waals surface area contributed by atoms with Crippen LogP contribution in [0.2, 0.25) is 0 Å². The lowest BCUT2D eigenvalue weighted by Crippen LogP contribution is -2.16. The van der Waals surface area contributed by atoms with E-state index in [1.165, 1.54) is 38.5 Å². The number of benzene rings is 4. The Hall–Kier alpha value is -5.20. The number of anilines is 4. The van der Waals surface area contributed by atoms with Crippen LogP contribution in [0.4, 0.5) is 23.0 Å². The van der Waals surface area contributed by atoms with Crippen molar-refractivity contribution in [2.45, 2.75) is 18.4 Å². The van der Waals surface area contributed by atoms with Crippen LogP contribution in [0.15, 0.2) is 89.8 Å². The molecule has 1 amide bonds. The molecule has 0 saturated carbocycles. The van der Waals surface area contributed by atoms with Gasteiger partial charge in [-0.3, -0.25) is 9.52 Å². The second kappa shape index (κ2) is 12.3. The molecule has 0 spiro atoms. The Labute approximate surface area is 248 Å². The van der Waals surface area contributed by atoms with Gasteiger partial charge in [-0.25, -0.2) is 18.4 Å². The second-order valence-electron chi connectivity index (χ2n) is 9.53. The van der Waals surface area contributed by atoms with Crippen molar-refractivity contribution in [3.63, 3.8) is 0 Å². The third-order valence-corrected chi connectivity index (χ3v) is 7.90. The number of aromatic nitrogens is 2. The van der Waals surface area contributed by atoms with Crippen molar-refractivity contribution in [3.8, 4) is 11.5 Å². The van der Waals surface area contributed by atoms with E-state index in [1.807, 2.05) is 6.92 Å². The SMILES string of the molecule is COc1cc(CO)cc(Nc2nc3ccccc3nc2NS(=O)(=O)c2ccc(NC(=O)c3ccc(C)c(OC)c3)cc2)c1. The third kappa shape index (κ3) is 6.66. The normalized spacial score (nSPS) is 11.2. The molecular weight excluding hydrogens is 570 g/mol. The summed E-state index contributed by atoms with van der Waals surface area (Å²) in [5.74, 6) is 0.843. The molecule has 0 aliphatic carbocycles. The molecule has 0 unspecified atom stereocenters. The number of hydrogen-bond donors (Lipinski definition) is 4. The van der Waals surface area contributed by atoms with E-state index in [9.17, 15) is 18.3 Å². The number of rotatable bonds is 10. The van der Waals surface area contributed by atoms with Gasteiger partial charge in [-0.2, -0.15) is 0 Å². The molecule has 12 heteroatoms. The highest BCUT2D eigenvalue weighted by Crippen LogP contribution is 2.30. The molecule has 0 aliphatic rings. The highest BCUT2D eigenvalue weighted by molar-refractivity contribution is 7.92. The minimum Gasteiger partial charge on any atom is -0.497 e. The fourth-order valence-corrected chi connectivity index (χ4v) is 5.31. The number of nitrogens with zero attached hydrogens (tertiary/aromatic N) is 2. The zero-order chi connectivity index (χ0) is 30.6. The number of para-hydroxylation sites is 2. The molecule has 1 heterocycles. The van der Waals surface area contributed by atoms with Gasteiger partial charge in [0.1, 0.15) is 11.5 Å². The predicted molar refractivity (Wildman–Crippen MR) is 165 cm³/mol. The average molecular weight is 600 g/mol. The molecule has 4 aromatic carbocycles. The van der Waals surface area contributed by atoms with E-state index < -0.39 is 10.0 Å². The van der Waals surface area contributed by atoms with Gasteiger partial charge < -0.3 is 25.2 Å². The molecule has 0 fully saturated rings. The van der Waals surface area contributed by atoms with Crippen LogP contribution < -0.4 is 24.8 Å². The Morgan fingerprint density at radius 1 is 0.837 bits per heavy atom. The number of aliphatic hydroxyl groups is 1. The first-order valence-electron chi connectivity index (χ1n) is 13.1.